The lowest BCUT2D eigenvalue weighted by Crippen LogP contribution is -2.27. The molecule has 0 saturated heterocycles. The summed E-state index contributed by atoms with van der Waals surface area (Å²) in [7, 11) is -3.89. The van der Waals surface area contributed by atoms with Crippen LogP contribution in [0.4, 0.5) is 11.4 Å². The predicted octanol–water partition coefficient (Wildman–Crippen LogP) is 3.55. The summed E-state index contributed by atoms with van der Waals surface area (Å²) < 4.78 is 38.7. The first-order chi connectivity index (χ1) is 15.8. The van der Waals surface area contributed by atoms with Gasteiger partial charge in [0.2, 0.25) is 5.91 Å². The molecule has 2 aromatic carbocycles. The van der Waals surface area contributed by atoms with Crippen LogP contribution in [0.1, 0.15) is 29.5 Å². The fourth-order valence-corrected chi connectivity index (χ4v) is 4.30. The molecule has 0 unspecified atom stereocenters. The molecule has 9 nitrogen and oxygen atoms in total. The zero-order valence-corrected chi connectivity index (χ0v) is 19.1. The van der Waals surface area contributed by atoms with Gasteiger partial charge in [0, 0.05) is 24.3 Å². The molecule has 2 amide bonds. The average Bonchev–Trinajstić information content (AvgIpc) is 3.31. The summed E-state index contributed by atoms with van der Waals surface area (Å²) in [5.74, 6) is 0.00352. The molecule has 0 aliphatic rings. The van der Waals surface area contributed by atoms with Crippen LogP contribution < -0.4 is 20.1 Å². The lowest BCUT2D eigenvalue weighted by molar-refractivity contribution is -0.116. The van der Waals surface area contributed by atoms with Crippen LogP contribution in [-0.4, -0.2) is 33.4 Å². The molecule has 0 spiro atoms. The first-order valence-corrected chi connectivity index (χ1v) is 11.7. The van der Waals surface area contributed by atoms with Crippen molar-refractivity contribution >= 4 is 33.2 Å². The van der Waals surface area contributed by atoms with Gasteiger partial charge in [0.05, 0.1) is 17.8 Å². The van der Waals surface area contributed by atoms with Crippen molar-refractivity contribution < 1.29 is 27.2 Å². The topological polar surface area (TPSA) is 127 Å². The molecule has 0 fully saturated rings. The summed E-state index contributed by atoms with van der Waals surface area (Å²) in [6.07, 6.45) is 1.39. The van der Waals surface area contributed by atoms with Gasteiger partial charge in [-0.15, -0.1) is 0 Å². The Kier molecular flexibility index (Phi) is 7.73. The number of hydrogen-bond donors (Lipinski definition) is 3. The first-order valence-electron chi connectivity index (χ1n) is 10.3. The monoisotopic (exact) mass is 471 g/mol. The van der Waals surface area contributed by atoms with Crippen LogP contribution in [0.5, 0.6) is 5.75 Å². The molecule has 0 aliphatic heterocycles. The fraction of sp³-hybridized carbons (Fsp3) is 0.217. The van der Waals surface area contributed by atoms with E-state index < -0.39 is 15.9 Å². The minimum absolute atomic E-state index is 0.00678. The summed E-state index contributed by atoms with van der Waals surface area (Å²) in [5.41, 5.74) is 1.24. The second-order valence-corrected chi connectivity index (χ2v) is 8.73. The van der Waals surface area contributed by atoms with Gasteiger partial charge in [0.15, 0.2) is 5.76 Å². The van der Waals surface area contributed by atoms with E-state index >= 15 is 0 Å². The molecular formula is C23H25N3O6S. The number of carbonyl (C=O) groups is 2. The lowest BCUT2D eigenvalue weighted by atomic mass is 10.2. The number of benzene rings is 2. The number of anilines is 2. The number of carbonyl (C=O) groups excluding carboxylic acids is 2. The Morgan fingerprint density at radius 3 is 2.42 bits per heavy atom. The van der Waals surface area contributed by atoms with Gasteiger partial charge in [-0.25, -0.2) is 8.42 Å². The van der Waals surface area contributed by atoms with Crippen molar-refractivity contribution in [3.63, 3.8) is 0 Å². The third-order valence-electron chi connectivity index (χ3n) is 4.56. The predicted molar refractivity (Wildman–Crippen MR) is 124 cm³/mol. The summed E-state index contributed by atoms with van der Waals surface area (Å²) in [6, 6.07) is 14.3. The molecule has 0 bridgehead atoms. The minimum atomic E-state index is -3.89. The highest BCUT2D eigenvalue weighted by Gasteiger charge is 2.18. The smallest absolute Gasteiger partial charge is 0.286 e. The Bertz CT molecular complexity index is 1210. The number of furan rings is 1. The number of ether oxygens (including phenoxy) is 1. The van der Waals surface area contributed by atoms with Gasteiger partial charge in [0.25, 0.3) is 15.9 Å². The normalized spacial score (nSPS) is 11.0. The van der Waals surface area contributed by atoms with E-state index in [0.29, 0.717) is 29.3 Å². The molecule has 3 aromatic rings. The number of hydrogen-bond acceptors (Lipinski definition) is 6. The van der Waals surface area contributed by atoms with Gasteiger partial charge >= 0.3 is 0 Å². The SMILES string of the molecule is CCOc1ccc(NS(=O)(=O)c2cc(NC(=O)CCNC(=O)c3ccco3)ccc2C)cc1. The number of amides is 2. The number of nitrogens with one attached hydrogen (secondary N) is 3. The Labute approximate surface area is 192 Å². The summed E-state index contributed by atoms with van der Waals surface area (Å²) in [4.78, 5) is 24.1. The maximum atomic E-state index is 12.9. The maximum Gasteiger partial charge on any atom is 0.286 e. The molecule has 0 atom stereocenters. The summed E-state index contributed by atoms with van der Waals surface area (Å²) in [6.45, 7) is 4.14. The molecule has 0 aliphatic carbocycles. The highest BCUT2D eigenvalue weighted by molar-refractivity contribution is 7.92. The van der Waals surface area contributed by atoms with Gasteiger partial charge in [-0.3, -0.25) is 14.3 Å². The molecule has 33 heavy (non-hydrogen) atoms. The molecule has 0 saturated carbocycles. The molecule has 3 N–H and O–H groups in total. The zero-order valence-electron chi connectivity index (χ0n) is 18.3. The standard InChI is InChI=1S/C23H25N3O6S/c1-3-31-19-10-8-17(9-11-19)26-33(29,30)21-15-18(7-6-16(21)2)25-22(27)12-13-24-23(28)20-5-4-14-32-20/h4-11,14-15,26H,3,12-13H2,1-2H3,(H,24,28)(H,25,27). The van der Waals surface area contributed by atoms with Gasteiger partial charge in [-0.2, -0.15) is 0 Å². The minimum Gasteiger partial charge on any atom is -0.494 e. The van der Waals surface area contributed by atoms with Crippen LogP contribution in [-0.2, 0) is 14.8 Å². The number of aryl methyl sites for hydroxylation is 1. The van der Waals surface area contributed by atoms with Crippen molar-refractivity contribution in [1.29, 1.82) is 0 Å². The van der Waals surface area contributed by atoms with E-state index in [-0.39, 0.29) is 29.5 Å². The fourth-order valence-electron chi connectivity index (χ4n) is 2.97. The van der Waals surface area contributed by atoms with Crippen molar-refractivity contribution in [3.05, 3.63) is 72.2 Å². The Morgan fingerprint density at radius 1 is 1.03 bits per heavy atom. The van der Waals surface area contributed by atoms with Crippen molar-refractivity contribution in [2.45, 2.75) is 25.2 Å². The molecule has 0 radical (unpaired) electrons. The quantitative estimate of drug-likeness (QED) is 0.415. The second-order valence-electron chi connectivity index (χ2n) is 7.07. The van der Waals surface area contributed by atoms with E-state index in [1.807, 2.05) is 6.92 Å². The summed E-state index contributed by atoms with van der Waals surface area (Å²) in [5, 5.41) is 5.23. The Morgan fingerprint density at radius 2 is 1.76 bits per heavy atom. The Balaban J connectivity index is 1.61. The number of sulfonamides is 1. The van der Waals surface area contributed by atoms with Crippen LogP contribution >= 0.6 is 0 Å². The second kappa shape index (κ2) is 10.7. The van der Waals surface area contributed by atoms with E-state index in [1.54, 1.807) is 49.4 Å². The first kappa shape index (κ1) is 23.9. The number of rotatable bonds is 10. The molecule has 10 heteroatoms. The van der Waals surface area contributed by atoms with Crippen molar-refractivity contribution in [2.24, 2.45) is 0 Å². The third-order valence-corrected chi connectivity index (χ3v) is 6.08. The van der Waals surface area contributed by atoms with Crippen LogP contribution in [0, 0.1) is 6.92 Å². The van der Waals surface area contributed by atoms with E-state index in [4.69, 9.17) is 9.15 Å². The molecule has 1 aromatic heterocycles. The van der Waals surface area contributed by atoms with Gasteiger partial charge in [-0.1, -0.05) is 6.07 Å². The molecule has 1 heterocycles. The van der Waals surface area contributed by atoms with Gasteiger partial charge < -0.3 is 19.8 Å². The largest absolute Gasteiger partial charge is 0.494 e. The zero-order chi connectivity index (χ0) is 23.8. The van der Waals surface area contributed by atoms with Crippen LogP contribution in [0.3, 0.4) is 0 Å². The van der Waals surface area contributed by atoms with Crippen LogP contribution in [0.2, 0.25) is 0 Å². The Hall–Kier alpha value is -3.79. The summed E-state index contributed by atoms with van der Waals surface area (Å²) >= 11 is 0. The average molecular weight is 472 g/mol. The highest BCUT2D eigenvalue weighted by Crippen LogP contribution is 2.24. The molecule has 3 rings (SSSR count). The van der Waals surface area contributed by atoms with Crippen molar-refractivity contribution in [3.8, 4) is 5.75 Å². The van der Waals surface area contributed by atoms with E-state index in [9.17, 15) is 18.0 Å². The van der Waals surface area contributed by atoms with E-state index in [1.165, 1.54) is 18.4 Å². The van der Waals surface area contributed by atoms with Gasteiger partial charge in [0.1, 0.15) is 5.75 Å². The highest BCUT2D eigenvalue weighted by atomic mass is 32.2. The molecule has 174 valence electrons. The van der Waals surface area contributed by atoms with E-state index in [0.717, 1.165) is 0 Å². The van der Waals surface area contributed by atoms with Crippen LogP contribution in [0.25, 0.3) is 0 Å². The maximum absolute atomic E-state index is 12.9. The van der Waals surface area contributed by atoms with Gasteiger partial charge in [-0.05, 0) is 67.9 Å². The third kappa shape index (κ3) is 6.59. The molecular weight excluding hydrogens is 446 g/mol. The van der Waals surface area contributed by atoms with Crippen molar-refractivity contribution in [1.82, 2.24) is 5.32 Å². The van der Waals surface area contributed by atoms with Crippen LogP contribution in [0.15, 0.2) is 70.2 Å². The lowest BCUT2D eigenvalue weighted by Gasteiger charge is -2.13. The van der Waals surface area contributed by atoms with E-state index in [2.05, 4.69) is 15.4 Å². The van der Waals surface area contributed by atoms with Crippen molar-refractivity contribution in [2.75, 3.05) is 23.2 Å².